The number of carbonyl (C=O) groups is 2. The van der Waals surface area contributed by atoms with E-state index >= 15 is 0 Å². The van der Waals surface area contributed by atoms with Crippen molar-refractivity contribution in [2.75, 3.05) is 18.0 Å². The van der Waals surface area contributed by atoms with Gasteiger partial charge in [-0.05, 0) is 30.9 Å². The molecule has 21 heavy (non-hydrogen) atoms. The first-order valence-corrected chi connectivity index (χ1v) is 7.64. The Balaban J connectivity index is 1.65. The lowest BCUT2D eigenvalue weighted by atomic mass is 10.1. The van der Waals surface area contributed by atoms with Crippen LogP contribution in [0.15, 0.2) is 24.3 Å². The maximum absolute atomic E-state index is 11.8. The van der Waals surface area contributed by atoms with Crippen molar-refractivity contribution in [2.24, 2.45) is 0 Å². The molecule has 0 spiro atoms. The Hall–Kier alpha value is -1.88. The zero-order valence-electron chi connectivity index (χ0n) is 12.1. The van der Waals surface area contributed by atoms with Crippen LogP contribution in [-0.4, -0.2) is 30.9 Å². The summed E-state index contributed by atoms with van der Waals surface area (Å²) in [7, 11) is 0. The number of imide groups is 1. The largest absolute Gasteiger partial charge is 0.371 e. The Morgan fingerprint density at radius 3 is 2.71 bits per heavy atom. The van der Waals surface area contributed by atoms with Crippen LogP contribution in [0.1, 0.15) is 31.2 Å². The van der Waals surface area contributed by atoms with E-state index < -0.39 is 0 Å². The molecule has 5 heteroatoms. The number of anilines is 1. The molecule has 0 saturated carbocycles. The van der Waals surface area contributed by atoms with Crippen LogP contribution in [0.2, 0.25) is 0 Å². The number of hydrogen-bond acceptors (Lipinski definition) is 4. The maximum atomic E-state index is 11.8. The first-order chi connectivity index (χ1) is 10.2. The van der Waals surface area contributed by atoms with E-state index in [0.29, 0.717) is 19.4 Å². The number of para-hydroxylation sites is 1. The fraction of sp³-hybridized carbons (Fsp3) is 0.500. The highest BCUT2D eigenvalue weighted by molar-refractivity contribution is 6.00. The minimum Gasteiger partial charge on any atom is -0.371 e. The predicted molar refractivity (Wildman–Crippen MR) is 80.9 cm³/mol. The van der Waals surface area contributed by atoms with Gasteiger partial charge in [0.05, 0.1) is 6.04 Å². The molecule has 3 rings (SSSR count). The maximum Gasteiger partial charge on any atom is 0.243 e. The van der Waals surface area contributed by atoms with Gasteiger partial charge in [0.25, 0.3) is 0 Å². The van der Waals surface area contributed by atoms with Gasteiger partial charge in [0.1, 0.15) is 0 Å². The minimum absolute atomic E-state index is 0.171. The number of hydrogen-bond donors (Lipinski definition) is 2. The summed E-state index contributed by atoms with van der Waals surface area (Å²) in [5.74, 6) is -0.375. The fourth-order valence-corrected chi connectivity index (χ4v) is 3.05. The number of piperidine rings is 1. The van der Waals surface area contributed by atoms with Crippen molar-refractivity contribution in [1.82, 2.24) is 10.6 Å². The van der Waals surface area contributed by atoms with Crippen molar-refractivity contribution in [3.05, 3.63) is 29.8 Å². The quantitative estimate of drug-likeness (QED) is 0.816. The summed E-state index contributed by atoms with van der Waals surface area (Å²) in [6, 6.07) is 8.07. The molecule has 2 saturated heterocycles. The molecular formula is C16H21N3O2. The molecule has 0 bridgehead atoms. The number of nitrogens with zero attached hydrogens (tertiary/aromatic N) is 1. The highest BCUT2D eigenvalue weighted by Gasteiger charge is 2.26. The number of rotatable bonds is 4. The molecule has 1 unspecified atom stereocenters. The number of benzene rings is 1. The Morgan fingerprint density at radius 1 is 1.19 bits per heavy atom. The van der Waals surface area contributed by atoms with Crippen LogP contribution in [0, 0.1) is 0 Å². The molecule has 0 aliphatic carbocycles. The number of nitrogens with one attached hydrogen (secondary N) is 2. The zero-order chi connectivity index (χ0) is 14.7. The standard InChI is InChI=1S/C16H21N3O2/c20-15-8-7-13(16(21)18-15)17-11-12-5-1-2-6-14(12)19-9-3-4-10-19/h1-2,5-6,13,17H,3-4,7-11H2,(H,18,20,21). The molecule has 2 fully saturated rings. The first kappa shape index (κ1) is 14.1. The Kier molecular flexibility index (Phi) is 4.20. The summed E-state index contributed by atoms with van der Waals surface area (Å²) < 4.78 is 0. The third-order valence-corrected chi connectivity index (χ3v) is 4.22. The van der Waals surface area contributed by atoms with E-state index in [1.54, 1.807) is 0 Å². The highest BCUT2D eigenvalue weighted by Crippen LogP contribution is 2.24. The molecular weight excluding hydrogens is 266 g/mol. The van der Waals surface area contributed by atoms with Gasteiger partial charge in [0, 0.05) is 31.7 Å². The lowest BCUT2D eigenvalue weighted by molar-refractivity contribution is -0.134. The first-order valence-electron chi connectivity index (χ1n) is 7.64. The monoisotopic (exact) mass is 287 g/mol. The molecule has 1 aromatic carbocycles. The molecule has 2 aliphatic heterocycles. The van der Waals surface area contributed by atoms with Crippen LogP contribution in [0.3, 0.4) is 0 Å². The van der Waals surface area contributed by atoms with Crippen LogP contribution < -0.4 is 15.5 Å². The van der Waals surface area contributed by atoms with Gasteiger partial charge in [0.2, 0.25) is 11.8 Å². The lowest BCUT2D eigenvalue weighted by Gasteiger charge is -2.25. The van der Waals surface area contributed by atoms with Gasteiger partial charge in [-0.25, -0.2) is 0 Å². The number of amides is 2. The molecule has 2 N–H and O–H groups in total. The van der Waals surface area contributed by atoms with Gasteiger partial charge < -0.3 is 10.2 Å². The van der Waals surface area contributed by atoms with Crippen LogP contribution in [0.5, 0.6) is 0 Å². The van der Waals surface area contributed by atoms with Gasteiger partial charge in [-0.3, -0.25) is 14.9 Å². The lowest BCUT2D eigenvalue weighted by Crippen LogP contribution is -2.50. The summed E-state index contributed by atoms with van der Waals surface area (Å²) in [4.78, 5) is 25.3. The third kappa shape index (κ3) is 3.24. The Morgan fingerprint density at radius 2 is 1.95 bits per heavy atom. The van der Waals surface area contributed by atoms with E-state index in [2.05, 4.69) is 33.7 Å². The van der Waals surface area contributed by atoms with E-state index in [1.165, 1.54) is 24.1 Å². The van der Waals surface area contributed by atoms with Crippen LogP contribution >= 0.6 is 0 Å². The molecule has 1 aromatic rings. The normalized spacial score (nSPS) is 22.5. The highest BCUT2D eigenvalue weighted by atomic mass is 16.2. The molecule has 112 valence electrons. The summed E-state index contributed by atoms with van der Waals surface area (Å²) >= 11 is 0. The van der Waals surface area contributed by atoms with E-state index in [1.807, 2.05) is 6.07 Å². The van der Waals surface area contributed by atoms with Crippen molar-refractivity contribution in [3.63, 3.8) is 0 Å². The summed E-state index contributed by atoms with van der Waals surface area (Å²) in [6.45, 7) is 2.86. The zero-order valence-corrected chi connectivity index (χ0v) is 12.1. The van der Waals surface area contributed by atoms with E-state index in [0.717, 1.165) is 13.1 Å². The van der Waals surface area contributed by atoms with E-state index in [-0.39, 0.29) is 17.9 Å². The average molecular weight is 287 g/mol. The van der Waals surface area contributed by atoms with Gasteiger partial charge in [0.15, 0.2) is 0 Å². The molecule has 2 amide bonds. The van der Waals surface area contributed by atoms with Crippen LogP contribution in [0.4, 0.5) is 5.69 Å². The van der Waals surface area contributed by atoms with Crippen LogP contribution in [-0.2, 0) is 16.1 Å². The minimum atomic E-state index is -0.269. The molecule has 1 atom stereocenters. The predicted octanol–water partition coefficient (Wildman–Crippen LogP) is 1.18. The molecule has 5 nitrogen and oxygen atoms in total. The topological polar surface area (TPSA) is 61.4 Å². The van der Waals surface area contributed by atoms with Gasteiger partial charge >= 0.3 is 0 Å². The molecule has 0 radical (unpaired) electrons. The Labute approximate surface area is 124 Å². The van der Waals surface area contributed by atoms with Gasteiger partial charge in [-0.2, -0.15) is 0 Å². The van der Waals surface area contributed by atoms with Crippen molar-refractivity contribution in [1.29, 1.82) is 0 Å². The van der Waals surface area contributed by atoms with Crippen molar-refractivity contribution < 1.29 is 9.59 Å². The smallest absolute Gasteiger partial charge is 0.243 e. The Bertz CT molecular complexity index is 538. The van der Waals surface area contributed by atoms with Gasteiger partial charge in [-0.15, -0.1) is 0 Å². The van der Waals surface area contributed by atoms with E-state index in [9.17, 15) is 9.59 Å². The average Bonchev–Trinajstić information content (AvgIpc) is 3.01. The van der Waals surface area contributed by atoms with Crippen LogP contribution in [0.25, 0.3) is 0 Å². The fourth-order valence-electron chi connectivity index (χ4n) is 3.05. The summed E-state index contributed by atoms with van der Waals surface area (Å²) in [6.07, 6.45) is 3.48. The SMILES string of the molecule is O=C1CCC(NCc2ccccc2N2CCCC2)C(=O)N1. The molecule has 2 aliphatic rings. The number of carbonyl (C=O) groups excluding carboxylic acids is 2. The molecule has 0 aromatic heterocycles. The van der Waals surface area contributed by atoms with Crippen molar-refractivity contribution in [2.45, 2.75) is 38.3 Å². The third-order valence-electron chi connectivity index (χ3n) is 4.22. The molecule has 2 heterocycles. The second-order valence-electron chi connectivity index (χ2n) is 5.71. The second-order valence-corrected chi connectivity index (χ2v) is 5.71. The van der Waals surface area contributed by atoms with Gasteiger partial charge in [-0.1, -0.05) is 18.2 Å². The van der Waals surface area contributed by atoms with Crippen molar-refractivity contribution >= 4 is 17.5 Å². The van der Waals surface area contributed by atoms with Crippen molar-refractivity contribution in [3.8, 4) is 0 Å². The summed E-state index contributed by atoms with van der Waals surface area (Å²) in [5, 5.41) is 5.67. The second kappa shape index (κ2) is 6.26. The summed E-state index contributed by atoms with van der Waals surface area (Å²) in [5.41, 5.74) is 2.47. The van der Waals surface area contributed by atoms with E-state index in [4.69, 9.17) is 0 Å².